The largest absolute Gasteiger partial charge is 0.489 e. The van der Waals surface area contributed by atoms with Crippen molar-refractivity contribution in [3.05, 3.63) is 28.8 Å². The number of nitrogens with zero attached hydrogens (tertiary/aromatic N) is 1. The summed E-state index contributed by atoms with van der Waals surface area (Å²) in [7, 11) is 0. The standard InChI is InChI=1S/C18H27ClN2O2/c19-15-11-13(7-8-17(15)23-14-5-1-2-6-14)18(22)16(20)12-21-9-3-4-10-21/h7-8,11,14,16,18,22H,1-6,9-10,12,20H2. The van der Waals surface area contributed by atoms with E-state index in [1.54, 1.807) is 6.07 Å². The molecule has 128 valence electrons. The summed E-state index contributed by atoms with van der Waals surface area (Å²) in [4.78, 5) is 2.31. The van der Waals surface area contributed by atoms with Crippen molar-refractivity contribution in [2.75, 3.05) is 19.6 Å². The Balaban J connectivity index is 1.61. The van der Waals surface area contributed by atoms with Gasteiger partial charge in [-0.05, 0) is 69.3 Å². The van der Waals surface area contributed by atoms with Gasteiger partial charge in [0.1, 0.15) is 5.75 Å². The van der Waals surface area contributed by atoms with Crippen LogP contribution >= 0.6 is 11.6 Å². The fourth-order valence-electron chi connectivity index (χ4n) is 3.59. The predicted molar refractivity (Wildman–Crippen MR) is 92.9 cm³/mol. The molecule has 3 N–H and O–H groups in total. The highest BCUT2D eigenvalue weighted by Gasteiger charge is 2.23. The minimum Gasteiger partial charge on any atom is -0.489 e. The second-order valence-electron chi connectivity index (χ2n) is 6.83. The third-order valence-corrected chi connectivity index (χ3v) is 5.26. The molecule has 1 aromatic rings. The van der Waals surface area contributed by atoms with E-state index in [-0.39, 0.29) is 12.1 Å². The van der Waals surface area contributed by atoms with E-state index in [0.717, 1.165) is 38.0 Å². The first-order valence-electron chi connectivity index (χ1n) is 8.75. The van der Waals surface area contributed by atoms with Crippen LogP contribution in [-0.2, 0) is 0 Å². The summed E-state index contributed by atoms with van der Waals surface area (Å²) in [6.07, 6.45) is 6.68. The van der Waals surface area contributed by atoms with Crippen molar-refractivity contribution >= 4 is 11.6 Å². The van der Waals surface area contributed by atoms with Crippen molar-refractivity contribution in [3.8, 4) is 5.75 Å². The third-order valence-electron chi connectivity index (χ3n) is 4.97. The van der Waals surface area contributed by atoms with Crippen LogP contribution < -0.4 is 10.5 Å². The van der Waals surface area contributed by atoms with Gasteiger partial charge in [0.2, 0.25) is 0 Å². The molecule has 2 atom stereocenters. The number of hydrogen-bond acceptors (Lipinski definition) is 4. The van der Waals surface area contributed by atoms with Crippen LogP contribution in [0.4, 0.5) is 0 Å². The molecule has 1 aliphatic carbocycles. The van der Waals surface area contributed by atoms with E-state index >= 15 is 0 Å². The Morgan fingerprint density at radius 3 is 2.57 bits per heavy atom. The van der Waals surface area contributed by atoms with Crippen molar-refractivity contribution in [2.45, 2.75) is 56.8 Å². The molecule has 1 aromatic carbocycles. The molecule has 5 heteroatoms. The first-order chi connectivity index (χ1) is 11.1. The van der Waals surface area contributed by atoms with Crippen LogP contribution in [0.3, 0.4) is 0 Å². The Morgan fingerprint density at radius 2 is 1.91 bits per heavy atom. The van der Waals surface area contributed by atoms with Gasteiger partial charge in [0.15, 0.2) is 0 Å². The molecule has 0 bridgehead atoms. The number of nitrogens with two attached hydrogens (primary N) is 1. The van der Waals surface area contributed by atoms with Gasteiger partial charge in [0.25, 0.3) is 0 Å². The number of hydrogen-bond donors (Lipinski definition) is 2. The summed E-state index contributed by atoms with van der Waals surface area (Å²) < 4.78 is 5.96. The number of rotatable bonds is 6. The van der Waals surface area contributed by atoms with Crippen LogP contribution in [0, 0.1) is 0 Å². The number of likely N-dealkylation sites (tertiary alicyclic amines) is 1. The number of ether oxygens (including phenoxy) is 1. The lowest BCUT2D eigenvalue weighted by Gasteiger charge is -2.25. The molecule has 4 nitrogen and oxygen atoms in total. The van der Waals surface area contributed by atoms with Crippen LogP contribution in [0.2, 0.25) is 5.02 Å². The van der Waals surface area contributed by atoms with E-state index in [1.165, 1.54) is 25.7 Å². The highest BCUT2D eigenvalue weighted by Crippen LogP contribution is 2.32. The van der Waals surface area contributed by atoms with Crippen molar-refractivity contribution in [2.24, 2.45) is 5.73 Å². The Bertz CT molecular complexity index is 514. The van der Waals surface area contributed by atoms with Gasteiger partial charge in [-0.1, -0.05) is 17.7 Å². The smallest absolute Gasteiger partial charge is 0.138 e. The fraction of sp³-hybridized carbons (Fsp3) is 0.667. The molecule has 0 radical (unpaired) electrons. The minimum absolute atomic E-state index is 0.278. The lowest BCUT2D eigenvalue weighted by atomic mass is 10.0. The molecule has 0 aromatic heterocycles. The van der Waals surface area contributed by atoms with E-state index < -0.39 is 6.10 Å². The number of benzene rings is 1. The zero-order chi connectivity index (χ0) is 16.2. The molecular formula is C18H27ClN2O2. The molecule has 1 saturated carbocycles. The van der Waals surface area contributed by atoms with Crippen molar-refractivity contribution in [1.29, 1.82) is 0 Å². The lowest BCUT2D eigenvalue weighted by Crippen LogP contribution is -2.40. The van der Waals surface area contributed by atoms with Gasteiger partial charge < -0.3 is 20.5 Å². The molecule has 1 aliphatic heterocycles. The first kappa shape index (κ1) is 17.0. The second-order valence-corrected chi connectivity index (χ2v) is 7.24. The molecule has 1 heterocycles. The SMILES string of the molecule is NC(CN1CCCC1)C(O)c1ccc(OC2CCCC2)c(Cl)c1. The van der Waals surface area contributed by atoms with Gasteiger partial charge in [-0.15, -0.1) is 0 Å². The van der Waals surface area contributed by atoms with Gasteiger partial charge in [0, 0.05) is 12.6 Å². The van der Waals surface area contributed by atoms with Crippen molar-refractivity contribution in [1.82, 2.24) is 4.90 Å². The zero-order valence-corrected chi connectivity index (χ0v) is 14.3. The van der Waals surface area contributed by atoms with Crippen LogP contribution in [0.5, 0.6) is 5.75 Å². The Morgan fingerprint density at radius 1 is 1.22 bits per heavy atom. The molecular weight excluding hydrogens is 312 g/mol. The van der Waals surface area contributed by atoms with Crippen LogP contribution in [0.1, 0.15) is 50.2 Å². The highest BCUT2D eigenvalue weighted by molar-refractivity contribution is 6.32. The lowest BCUT2D eigenvalue weighted by molar-refractivity contribution is 0.125. The molecule has 2 fully saturated rings. The number of aliphatic hydroxyl groups is 1. The minimum atomic E-state index is -0.700. The molecule has 0 spiro atoms. The zero-order valence-electron chi connectivity index (χ0n) is 13.6. The van der Waals surface area contributed by atoms with Gasteiger partial charge in [-0.3, -0.25) is 0 Å². The van der Waals surface area contributed by atoms with E-state index in [4.69, 9.17) is 22.1 Å². The summed E-state index contributed by atoms with van der Waals surface area (Å²) >= 11 is 6.34. The highest BCUT2D eigenvalue weighted by atomic mass is 35.5. The van der Waals surface area contributed by atoms with Gasteiger partial charge >= 0.3 is 0 Å². The first-order valence-corrected chi connectivity index (χ1v) is 9.13. The average Bonchev–Trinajstić information content (AvgIpc) is 3.22. The second kappa shape index (κ2) is 7.84. The van der Waals surface area contributed by atoms with E-state index in [9.17, 15) is 5.11 Å². The summed E-state index contributed by atoms with van der Waals surface area (Å²) in [6.45, 7) is 2.88. The number of halogens is 1. The molecule has 23 heavy (non-hydrogen) atoms. The summed E-state index contributed by atoms with van der Waals surface area (Å²) in [5, 5.41) is 11.1. The van der Waals surface area contributed by atoms with E-state index in [0.29, 0.717) is 10.8 Å². The monoisotopic (exact) mass is 338 g/mol. The topological polar surface area (TPSA) is 58.7 Å². The van der Waals surface area contributed by atoms with Crippen LogP contribution in [0.25, 0.3) is 0 Å². The Kier molecular flexibility index (Phi) is 5.81. The maximum Gasteiger partial charge on any atom is 0.138 e. The maximum atomic E-state index is 10.5. The number of aliphatic hydroxyl groups excluding tert-OH is 1. The third kappa shape index (κ3) is 4.38. The Hall–Kier alpha value is -0.810. The fourth-order valence-corrected chi connectivity index (χ4v) is 3.83. The van der Waals surface area contributed by atoms with Gasteiger partial charge in [-0.2, -0.15) is 0 Å². The molecule has 1 saturated heterocycles. The summed E-state index contributed by atoms with van der Waals surface area (Å²) in [5.41, 5.74) is 6.95. The van der Waals surface area contributed by atoms with Crippen LogP contribution in [-0.4, -0.2) is 41.8 Å². The molecule has 3 rings (SSSR count). The average molecular weight is 339 g/mol. The van der Waals surface area contributed by atoms with E-state index in [1.807, 2.05) is 12.1 Å². The van der Waals surface area contributed by atoms with E-state index in [2.05, 4.69) is 4.90 Å². The molecule has 2 unspecified atom stereocenters. The van der Waals surface area contributed by atoms with Crippen LogP contribution in [0.15, 0.2) is 18.2 Å². The van der Waals surface area contributed by atoms with Gasteiger partial charge in [0.05, 0.1) is 17.2 Å². The normalized spacial score (nSPS) is 22.4. The summed E-state index contributed by atoms with van der Waals surface area (Å²) in [5.74, 6) is 0.711. The maximum absolute atomic E-state index is 10.5. The predicted octanol–water partition coefficient (Wildman–Crippen LogP) is 3.12. The Labute approximate surface area is 143 Å². The van der Waals surface area contributed by atoms with Gasteiger partial charge in [-0.25, -0.2) is 0 Å². The quantitative estimate of drug-likeness (QED) is 0.836. The molecule has 2 aliphatic rings. The van der Waals surface area contributed by atoms with Crippen molar-refractivity contribution < 1.29 is 9.84 Å². The molecule has 0 amide bonds. The summed E-state index contributed by atoms with van der Waals surface area (Å²) in [6, 6.07) is 5.23. The van der Waals surface area contributed by atoms with Crippen molar-refractivity contribution in [3.63, 3.8) is 0 Å².